The van der Waals surface area contributed by atoms with E-state index in [0.717, 1.165) is 35.8 Å². The highest BCUT2D eigenvalue weighted by Crippen LogP contribution is 2.29. The fourth-order valence-corrected chi connectivity index (χ4v) is 3.79. The first-order chi connectivity index (χ1) is 11.5. The third kappa shape index (κ3) is 5.64. The maximum atomic E-state index is 12.9. The Bertz CT molecular complexity index is 725. The Labute approximate surface area is 169 Å². The average molecular weight is 420 g/mol. The molecule has 2 aromatic rings. The lowest BCUT2D eigenvalue weighted by atomic mass is 9.90. The highest BCUT2D eigenvalue weighted by atomic mass is 35.5. The normalized spacial score (nSPS) is 19.0. The SMILES string of the molecule is CC1(CN)CCN(C(=O)Cc2csc(Cc3ccc(F)cc3)n2)C1.Cl.Cl. The average Bonchev–Trinajstić information content (AvgIpc) is 3.17. The fourth-order valence-electron chi connectivity index (χ4n) is 2.96. The predicted octanol–water partition coefficient (Wildman–Crippen LogP) is 3.46. The van der Waals surface area contributed by atoms with Crippen molar-refractivity contribution < 1.29 is 9.18 Å². The van der Waals surface area contributed by atoms with E-state index >= 15 is 0 Å². The number of halogens is 3. The van der Waals surface area contributed by atoms with Crippen LogP contribution in [0, 0.1) is 11.2 Å². The summed E-state index contributed by atoms with van der Waals surface area (Å²) in [5.41, 5.74) is 7.67. The number of thiazole rings is 1. The molecule has 1 aliphatic heterocycles. The molecule has 1 aliphatic rings. The van der Waals surface area contributed by atoms with Gasteiger partial charge in [-0.3, -0.25) is 4.79 Å². The van der Waals surface area contributed by atoms with Gasteiger partial charge in [0.05, 0.1) is 17.1 Å². The van der Waals surface area contributed by atoms with E-state index < -0.39 is 0 Å². The number of hydrogen-bond donors (Lipinski definition) is 1. The van der Waals surface area contributed by atoms with Crippen LogP contribution in [0.1, 0.15) is 29.6 Å². The quantitative estimate of drug-likeness (QED) is 0.806. The van der Waals surface area contributed by atoms with Crippen molar-refractivity contribution in [1.82, 2.24) is 9.88 Å². The van der Waals surface area contributed by atoms with E-state index in [2.05, 4.69) is 11.9 Å². The first-order valence-corrected chi connectivity index (χ1v) is 9.01. The molecular weight excluding hydrogens is 396 g/mol. The second-order valence-electron chi connectivity index (χ2n) is 6.79. The van der Waals surface area contributed by atoms with E-state index in [9.17, 15) is 9.18 Å². The van der Waals surface area contributed by atoms with Crippen LogP contribution in [0.4, 0.5) is 4.39 Å². The molecule has 0 saturated carbocycles. The van der Waals surface area contributed by atoms with E-state index in [0.29, 0.717) is 19.4 Å². The van der Waals surface area contributed by atoms with Crippen LogP contribution in [0.3, 0.4) is 0 Å². The van der Waals surface area contributed by atoms with Gasteiger partial charge in [0.25, 0.3) is 0 Å². The summed E-state index contributed by atoms with van der Waals surface area (Å²) in [6.45, 7) is 4.24. The molecule has 1 fully saturated rings. The van der Waals surface area contributed by atoms with Crippen molar-refractivity contribution in [1.29, 1.82) is 0 Å². The smallest absolute Gasteiger partial charge is 0.228 e. The number of aromatic nitrogens is 1. The molecule has 1 unspecified atom stereocenters. The topological polar surface area (TPSA) is 59.2 Å². The Kier molecular flexibility index (Phi) is 8.47. The number of benzene rings is 1. The minimum Gasteiger partial charge on any atom is -0.342 e. The number of nitrogens with two attached hydrogens (primary N) is 1. The van der Waals surface area contributed by atoms with Gasteiger partial charge in [-0.15, -0.1) is 36.2 Å². The molecule has 144 valence electrons. The molecule has 2 N–H and O–H groups in total. The minimum absolute atomic E-state index is 0. The number of nitrogens with zero attached hydrogens (tertiary/aromatic N) is 2. The van der Waals surface area contributed by atoms with Crippen LogP contribution < -0.4 is 5.73 Å². The van der Waals surface area contributed by atoms with Crippen molar-refractivity contribution in [2.75, 3.05) is 19.6 Å². The van der Waals surface area contributed by atoms with Gasteiger partial charge in [0, 0.05) is 24.9 Å². The van der Waals surface area contributed by atoms with E-state index in [-0.39, 0.29) is 42.0 Å². The monoisotopic (exact) mass is 419 g/mol. The molecule has 0 radical (unpaired) electrons. The number of carbonyl (C=O) groups excluding carboxylic acids is 1. The highest BCUT2D eigenvalue weighted by molar-refractivity contribution is 7.09. The van der Waals surface area contributed by atoms with Crippen molar-refractivity contribution in [3.05, 3.63) is 51.7 Å². The third-order valence-electron chi connectivity index (χ3n) is 4.60. The van der Waals surface area contributed by atoms with Crippen molar-refractivity contribution in [2.24, 2.45) is 11.1 Å². The Morgan fingerprint density at radius 2 is 2.04 bits per heavy atom. The van der Waals surface area contributed by atoms with Crippen molar-refractivity contribution >= 4 is 42.1 Å². The molecule has 1 aromatic carbocycles. The number of likely N-dealkylation sites (tertiary alicyclic amines) is 1. The van der Waals surface area contributed by atoms with E-state index in [1.165, 1.54) is 12.1 Å². The van der Waals surface area contributed by atoms with Gasteiger partial charge < -0.3 is 10.6 Å². The minimum atomic E-state index is -0.237. The molecule has 26 heavy (non-hydrogen) atoms. The summed E-state index contributed by atoms with van der Waals surface area (Å²) in [7, 11) is 0. The molecule has 2 heterocycles. The third-order valence-corrected chi connectivity index (χ3v) is 5.50. The van der Waals surface area contributed by atoms with Crippen LogP contribution in [0.5, 0.6) is 0 Å². The summed E-state index contributed by atoms with van der Waals surface area (Å²) in [4.78, 5) is 18.9. The van der Waals surface area contributed by atoms with Gasteiger partial charge in [-0.25, -0.2) is 9.37 Å². The summed E-state index contributed by atoms with van der Waals surface area (Å²) in [6, 6.07) is 6.43. The van der Waals surface area contributed by atoms with Crippen LogP contribution in [0.15, 0.2) is 29.6 Å². The zero-order chi connectivity index (χ0) is 17.2. The standard InChI is InChI=1S/C18H22FN3OS.2ClH/c1-18(11-20)6-7-22(12-18)17(23)9-15-10-24-16(21-15)8-13-2-4-14(19)5-3-13;;/h2-5,10H,6-9,11-12,20H2,1H3;2*1H. The van der Waals surface area contributed by atoms with Crippen molar-refractivity contribution in [3.63, 3.8) is 0 Å². The van der Waals surface area contributed by atoms with Crippen LogP contribution >= 0.6 is 36.2 Å². The highest BCUT2D eigenvalue weighted by Gasteiger charge is 2.34. The zero-order valence-corrected chi connectivity index (χ0v) is 17.1. The summed E-state index contributed by atoms with van der Waals surface area (Å²) in [5.74, 6) is -0.120. The molecule has 1 saturated heterocycles. The Balaban J connectivity index is 0.00000169. The lowest BCUT2D eigenvalue weighted by Gasteiger charge is -2.22. The second kappa shape index (κ2) is 9.65. The molecule has 1 atom stereocenters. The van der Waals surface area contributed by atoms with Crippen LogP contribution in [-0.2, 0) is 17.6 Å². The van der Waals surface area contributed by atoms with Gasteiger partial charge in [-0.2, -0.15) is 0 Å². The maximum absolute atomic E-state index is 12.9. The maximum Gasteiger partial charge on any atom is 0.228 e. The van der Waals surface area contributed by atoms with Crippen molar-refractivity contribution in [2.45, 2.75) is 26.2 Å². The van der Waals surface area contributed by atoms with Crippen molar-refractivity contribution in [3.8, 4) is 0 Å². The van der Waals surface area contributed by atoms with Gasteiger partial charge in [-0.1, -0.05) is 19.1 Å². The van der Waals surface area contributed by atoms with Crippen LogP contribution in [-0.4, -0.2) is 35.4 Å². The zero-order valence-electron chi connectivity index (χ0n) is 14.6. The number of hydrogen-bond acceptors (Lipinski definition) is 4. The lowest BCUT2D eigenvalue weighted by Crippen LogP contribution is -2.35. The Morgan fingerprint density at radius 1 is 1.35 bits per heavy atom. The molecule has 0 spiro atoms. The van der Waals surface area contributed by atoms with E-state index in [1.807, 2.05) is 10.3 Å². The molecule has 1 aromatic heterocycles. The van der Waals surface area contributed by atoms with Gasteiger partial charge in [-0.05, 0) is 36.1 Å². The first-order valence-electron chi connectivity index (χ1n) is 8.13. The Hall–Kier alpha value is -1.21. The van der Waals surface area contributed by atoms with Gasteiger partial charge in [0.1, 0.15) is 5.82 Å². The first kappa shape index (κ1) is 22.8. The molecule has 0 aliphatic carbocycles. The summed E-state index contributed by atoms with van der Waals surface area (Å²) < 4.78 is 12.9. The molecule has 3 rings (SSSR count). The Morgan fingerprint density at radius 3 is 2.65 bits per heavy atom. The molecule has 8 heteroatoms. The lowest BCUT2D eigenvalue weighted by molar-refractivity contribution is -0.129. The number of rotatable bonds is 5. The van der Waals surface area contributed by atoms with Gasteiger partial charge in [0.15, 0.2) is 0 Å². The number of carbonyl (C=O) groups is 1. The molecule has 1 amide bonds. The second-order valence-corrected chi connectivity index (χ2v) is 7.74. The summed E-state index contributed by atoms with van der Waals surface area (Å²) in [5, 5.41) is 2.88. The molecular formula is C18H24Cl2FN3OS. The van der Waals surface area contributed by atoms with E-state index in [1.54, 1.807) is 23.5 Å². The van der Waals surface area contributed by atoms with E-state index in [4.69, 9.17) is 5.73 Å². The molecule has 0 bridgehead atoms. The van der Waals surface area contributed by atoms with Crippen LogP contribution in [0.2, 0.25) is 0 Å². The summed E-state index contributed by atoms with van der Waals surface area (Å²) >= 11 is 1.54. The number of amides is 1. The predicted molar refractivity (Wildman–Crippen MR) is 108 cm³/mol. The van der Waals surface area contributed by atoms with Crippen LogP contribution in [0.25, 0.3) is 0 Å². The summed E-state index contributed by atoms with van der Waals surface area (Å²) in [6.07, 6.45) is 1.96. The fraction of sp³-hybridized carbons (Fsp3) is 0.444. The van der Waals surface area contributed by atoms with Gasteiger partial charge in [0.2, 0.25) is 5.91 Å². The van der Waals surface area contributed by atoms with Gasteiger partial charge >= 0.3 is 0 Å². The largest absolute Gasteiger partial charge is 0.342 e. The molecule has 4 nitrogen and oxygen atoms in total.